The highest BCUT2D eigenvalue weighted by Gasteiger charge is 2.35. The Balaban J connectivity index is 1.48. The van der Waals surface area contributed by atoms with E-state index < -0.39 is 5.97 Å². The lowest BCUT2D eigenvalue weighted by atomic mass is 9.99. The minimum absolute atomic E-state index is 0.117. The molecule has 1 aliphatic carbocycles. The van der Waals surface area contributed by atoms with Crippen molar-refractivity contribution in [2.24, 2.45) is 4.99 Å². The van der Waals surface area contributed by atoms with Crippen LogP contribution in [0.4, 0.5) is 5.00 Å². The summed E-state index contributed by atoms with van der Waals surface area (Å²) >= 11 is 13.4. The number of hydrogen-bond donors (Lipinski definition) is 2. The smallest absolute Gasteiger partial charge is 0.329 e. The molecule has 0 bridgehead atoms. The van der Waals surface area contributed by atoms with E-state index >= 15 is 0 Å². The number of thiophene rings is 1. The van der Waals surface area contributed by atoms with Gasteiger partial charge in [0.15, 0.2) is 0 Å². The molecule has 1 aromatic carbocycles. The Morgan fingerprint density at radius 1 is 1.32 bits per heavy atom. The lowest BCUT2D eigenvalue weighted by Crippen LogP contribution is -2.42. The molecule has 6 nitrogen and oxygen atoms in total. The predicted molar refractivity (Wildman–Crippen MR) is 108 cm³/mol. The van der Waals surface area contributed by atoms with Crippen molar-refractivity contribution in [2.45, 2.75) is 24.8 Å². The predicted octanol–water partition coefficient (Wildman–Crippen LogP) is 3.61. The number of nitrogens with zero attached hydrogens (tertiary/aromatic N) is 1. The van der Waals surface area contributed by atoms with Gasteiger partial charge in [0.2, 0.25) is 0 Å². The van der Waals surface area contributed by atoms with Crippen molar-refractivity contribution in [2.75, 3.05) is 13.2 Å². The molecule has 1 aromatic heterocycles. The van der Waals surface area contributed by atoms with Crippen molar-refractivity contribution in [3.05, 3.63) is 50.3 Å². The minimum Gasteiger partial charge on any atom is -0.480 e. The summed E-state index contributed by atoms with van der Waals surface area (Å²) in [5, 5.41) is 13.0. The molecule has 2 aromatic rings. The molecule has 0 spiro atoms. The third kappa shape index (κ3) is 3.67. The Labute approximate surface area is 175 Å². The molecule has 2 heterocycles. The summed E-state index contributed by atoms with van der Waals surface area (Å²) in [6.07, 6.45) is 1.01. The maximum Gasteiger partial charge on any atom is 0.329 e. The van der Waals surface area contributed by atoms with Crippen molar-refractivity contribution >= 4 is 57.1 Å². The van der Waals surface area contributed by atoms with Crippen molar-refractivity contribution in [1.82, 2.24) is 5.32 Å². The third-order valence-corrected chi connectivity index (χ3v) is 6.91. The van der Waals surface area contributed by atoms with Crippen LogP contribution < -0.4 is 5.32 Å². The Bertz CT molecular complexity index is 988. The zero-order valence-corrected chi connectivity index (χ0v) is 16.9. The maximum atomic E-state index is 12.8. The highest BCUT2D eigenvalue weighted by atomic mass is 35.5. The average Bonchev–Trinajstić information content (AvgIpc) is 3.29. The van der Waals surface area contributed by atoms with Crippen molar-refractivity contribution < 1.29 is 19.4 Å². The van der Waals surface area contributed by atoms with Crippen LogP contribution in [0.5, 0.6) is 0 Å². The second-order valence-corrected chi connectivity index (χ2v) is 8.69. The fraction of sp³-hybridized carbons (Fsp3) is 0.316. The molecule has 0 saturated heterocycles. The van der Waals surface area contributed by atoms with Crippen LogP contribution in [0.1, 0.15) is 22.6 Å². The summed E-state index contributed by atoms with van der Waals surface area (Å²) in [5.41, 5.74) is 3.39. The first kappa shape index (κ1) is 19.4. The number of benzene rings is 1. The van der Waals surface area contributed by atoms with Gasteiger partial charge in [0, 0.05) is 23.9 Å². The topological polar surface area (TPSA) is 88.0 Å². The van der Waals surface area contributed by atoms with Gasteiger partial charge in [-0.15, -0.1) is 11.3 Å². The summed E-state index contributed by atoms with van der Waals surface area (Å²) in [6, 6.07) is 7.68. The van der Waals surface area contributed by atoms with Gasteiger partial charge in [0.05, 0.1) is 11.6 Å². The number of carboxylic acids is 1. The van der Waals surface area contributed by atoms with Crippen LogP contribution in [0.3, 0.4) is 0 Å². The Morgan fingerprint density at radius 3 is 2.86 bits per heavy atom. The van der Waals surface area contributed by atoms with Gasteiger partial charge in [-0.3, -0.25) is 4.79 Å². The molecule has 2 N–H and O–H groups in total. The maximum absolute atomic E-state index is 12.8. The van der Waals surface area contributed by atoms with Crippen LogP contribution in [-0.4, -0.2) is 42.0 Å². The largest absolute Gasteiger partial charge is 0.480 e. The van der Waals surface area contributed by atoms with Gasteiger partial charge in [-0.05, 0) is 17.5 Å². The van der Waals surface area contributed by atoms with E-state index in [9.17, 15) is 9.59 Å². The number of aliphatic carboxylic acids is 1. The summed E-state index contributed by atoms with van der Waals surface area (Å²) in [6.45, 7) is -0.152. The van der Waals surface area contributed by atoms with E-state index in [1.54, 1.807) is 0 Å². The van der Waals surface area contributed by atoms with Gasteiger partial charge < -0.3 is 15.2 Å². The van der Waals surface area contributed by atoms with E-state index in [1.165, 1.54) is 11.3 Å². The zero-order valence-electron chi connectivity index (χ0n) is 14.6. The molecular weight excluding hydrogens is 423 g/mol. The standard InChI is InChI=1S/C19H16Cl2N2O4S/c20-16-11-6-14(23-19(11)28-17(16)21)18(26)22-13-5-9-3-1-2-4-10(9)12(13)7-27-8-15(24)25/h1-4,12-13H,5-8H2,(H,22,26)(H,24,25)/t12-,13-/m1/s1. The van der Waals surface area contributed by atoms with Crippen LogP contribution >= 0.6 is 34.5 Å². The van der Waals surface area contributed by atoms with Crippen LogP contribution in [0, 0.1) is 0 Å². The summed E-state index contributed by atoms with van der Waals surface area (Å²) in [7, 11) is 0. The summed E-state index contributed by atoms with van der Waals surface area (Å²) in [4.78, 5) is 27.9. The highest BCUT2D eigenvalue weighted by Crippen LogP contribution is 2.45. The highest BCUT2D eigenvalue weighted by molar-refractivity contribution is 7.20. The number of fused-ring (bicyclic) bond motifs is 2. The number of ether oxygens (including phenoxy) is 1. The van der Waals surface area contributed by atoms with E-state index in [0.29, 0.717) is 32.9 Å². The van der Waals surface area contributed by atoms with Crippen molar-refractivity contribution in [1.29, 1.82) is 0 Å². The van der Waals surface area contributed by atoms with E-state index in [2.05, 4.69) is 10.3 Å². The molecule has 1 amide bonds. The molecule has 28 heavy (non-hydrogen) atoms. The van der Waals surface area contributed by atoms with Crippen LogP contribution in [0.25, 0.3) is 0 Å². The number of amides is 1. The Morgan fingerprint density at radius 2 is 2.11 bits per heavy atom. The Hall–Kier alpha value is -1.93. The first-order valence-electron chi connectivity index (χ1n) is 8.66. The molecular formula is C19H16Cl2N2O4S. The number of halogens is 2. The van der Waals surface area contributed by atoms with E-state index in [0.717, 1.165) is 16.7 Å². The first-order chi connectivity index (χ1) is 13.4. The number of hydrogen-bond acceptors (Lipinski definition) is 5. The average molecular weight is 439 g/mol. The number of carbonyl (C=O) groups is 2. The number of carboxylic acid groups (broad SMARTS) is 1. The quantitative estimate of drug-likeness (QED) is 0.720. The van der Waals surface area contributed by atoms with Gasteiger partial charge in [-0.1, -0.05) is 47.5 Å². The number of aliphatic imine (C=N–C) groups is 1. The van der Waals surface area contributed by atoms with Gasteiger partial charge in [-0.25, -0.2) is 9.79 Å². The summed E-state index contributed by atoms with van der Waals surface area (Å²) in [5.74, 6) is -1.39. The Kier molecular flexibility index (Phi) is 5.42. The van der Waals surface area contributed by atoms with E-state index in [-0.39, 0.29) is 31.1 Å². The molecule has 1 aliphatic heterocycles. The van der Waals surface area contributed by atoms with Crippen LogP contribution in [-0.2, 0) is 27.2 Å². The SMILES string of the molecule is O=C(O)COC[C@@H]1c2ccccc2C[C@H]1NC(=O)C1=Nc2sc(Cl)c(Cl)c2C1. The van der Waals surface area contributed by atoms with E-state index in [1.807, 2.05) is 24.3 Å². The molecule has 2 aliphatic rings. The third-order valence-electron chi connectivity index (χ3n) is 4.94. The summed E-state index contributed by atoms with van der Waals surface area (Å²) < 4.78 is 5.81. The second-order valence-electron chi connectivity index (χ2n) is 6.71. The fourth-order valence-electron chi connectivity index (χ4n) is 3.67. The minimum atomic E-state index is -1.02. The van der Waals surface area contributed by atoms with Crippen molar-refractivity contribution in [3.8, 4) is 0 Å². The zero-order chi connectivity index (χ0) is 19.8. The lowest BCUT2D eigenvalue weighted by molar-refractivity contribution is -0.142. The molecule has 9 heteroatoms. The molecule has 0 unspecified atom stereocenters. The van der Waals surface area contributed by atoms with Crippen LogP contribution in [0.2, 0.25) is 9.36 Å². The second kappa shape index (κ2) is 7.83. The van der Waals surface area contributed by atoms with E-state index in [4.69, 9.17) is 33.0 Å². The molecule has 146 valence electrons. The number of rotatable bonds is 6. The molecule has 2 atom stereocenters. The molecule has 0 radical (unpaired) electrons. The van der Waals surface area contributed by atoms with Gasteiger partial charge in [0.25, 0.3) is 5.91 Å². The normalized spacial score (nSPS) is 19.9. The number of nitrogens with one attached hydrogen (secondary N) is 1. The molecule has 0 saturated carbocycles. The lowest BCUT2D eigenvalue weighted by Gasteiger charge is -2.21. The molecule has 4 rings (SSSR count). The van der Waals surface area contributed by atoms with Crippen LogP contribution in [0.15, 0.2) is 29.3 Å². The fourth-order valence-corrected chi connectivity index (χ4v) is 5.17. The van der Waals surface area contributed by atoms with Gasteiger partial charge in [0.1, 0.15) is 21.7 Å². The first-order valence-corrected chi connectivity index (χ1v) is 10.2. The molecule has 0 fully saturated rings. The van der Waals surface area contributed by atoms with Gasteiger partial charge >= 0.3 is 5.97 Å². The van der Waals surface area contributed by atoms with Crippen molar-refractivity contribution in [3.63, 3.8) is 0 Å². The monoisotopic (exact) mass is 438 g/mol. The number of carbonyl (C=O) groups excluding carboxylic acids is 1. The van der Waals surface area contributed by atoms with Gasteiger partial charge in [-0.2, -0.15) is 0 Å².